The number of ketones is 1. The van der Waals surface area contributed by atoms with Crippen LogP contribution in [0, 0.1) is 0 Å². The van der Waals surface area contributed by atoms with Crippen molar-refractivity contribution in [2.24, 2.45) is 0 Å². The van der Waals surface area contributed by atoms with Crippen molar-refractivity contribution in [3.63, 3.8) is 0 Å². The lowest BCUT2D eigenvalue weighted by molar-refractivity contribution is 0.102. The van der Waals surface area contributed by atoms with Gasteiger partial charge in [0.15, 0.2) is 16.8 Å². The molecule has 162 valence electrons. The number of aromatic nitrogens is 3. The van der Waals surface area contributed by atoms with Gasteiger partial charge in [0, 0.05) is 26.9 Å². The van der Waals surface area contributed by atoms with Gasteiger partial charge in [-0.05, 0) is 79.7 Å². The number of benzene rings is 3. The van der Waals surface area contributed by atoms with E-state index in [0.717, 1.165) is 17.0 Å². The Hall–Kier alpha value is -2.80. The number of carbonyl (C=O) groups excluding carboxylic acids is 1. The average Bonchev–Trinajstić information content (AvgIpc) is 3.23. The molecule has 4 rings (SSSR count). The molecular weight excluding hydrogens is 465 g/mol. The van der Waals surface area contributed by atoms with E-state index < -0.39 is 0 Å². The number of ether oxygens (including phenoxy) is 1. The maximum atomic E-state index is 12.7. The molecule has 0 radical (unpaired) electrons. The first kappa shape index (κ1) is 22.4. The van der Waals surface area contributed by atoms with Crippen LogP contribution in [0.15, 0.2) is 78.0 Å². The molecule has 0 aliphatic heterocycles. The van der Waals surface area contributed by atoms with Crippen LogP contribution in [-0.4, -0.2) is 32.9 Å². The van der Waals surface area contributed by atoms with Crippen LogP contribution in [0.25, 0.3) is 17.1 Å². The summed E-state index contributed by atoms with van der Waals surface area (Å²) in [6.07, 6.45) is 0. The summed E-state index contributed by atoms with van der Waals surface area (Å²) < 4.78 is 7.35. The summed E-state index contributed by atoms with van der Waals surface area (Å²) >= 11 is 13.4. The Kier molecular flexibility index (Phi) is 7.15. The molecule has 1 aromatic heterocycles. The lowest BCUT2D eigenvalue weighted by atomic mass is 10.1. The predicted octanol–water partition coefficient (Wildman–Crippen LogP) is 6.61. The Morgan fingerprint density at radius 3 is 2.16 bits per heavy atom. The summed E-state index contributed by atoms with van der Waals surface area (Å²) in [5.74, 6) is 1.61. The van der Waals surface area contributed by atoms with Gasteiger partial charge in [0.05, 0.1) is 12.4 Å². The van der Waals surface area contributed by atoms with Gasteiger partial charge in [-0.3, -0.25) is 9.36 Å². The smallest absolute Gasteiger partial charge is 0.196 e. The Labute approximate surface area is 200 Å². The van der Waals surface area contributed by atoms with Crippen LogP contribution in [0.4, 0.5) is 0 Å². The fourth-order valence-electron chi connectivity index (χ4n) is 3.09. The lowest BCUT2D eigenvalue weighted by Gasteiger charge is -2.11. The van der Waals surface area contributed by atoms with E-state index in [0.29, 0.717) is 33.2 Å². The minimum absolute atomic E-state index is 0.00301. The van der Waals surface area contributed by atoms with Gasteiger partial charge in [0.2, 0.25) is 0 Å². The summed E-state index contributed by atoms with van der Waals surface area (Å²) in [5.41, 5.74) is 2.33. The van der Waals surface area contributed by atoms with Crippen LogP contribution in [0.2, 0.25) is 10.0 Å². The minimum atomic E-state index is -0.00301. The van der Waals surface area contributed by atoms with Gasteiger partial charge in [-0.15, -0.1) is 10.2 Å². The number of carbonyl (C=O) groups is 1. The summed E-state index contributed by atoms with van der Waals surface area (Å²) in [5, 5.41) is 10.6. The molecule has 1 heterocycles. The third-order valence-corrected chi connectivity index (χ3v) is 6.07. The molecule has 0 atom stereocenters. The van der Waals surface area contributed by atoms with E-state index >= 15 is 0 Å². The van der Waals surface area contributed by atoms with Crippen molar-refractivity contribution < 1.29 is 9.53 Å². The van der Waals surface area contributed by atoms with Gasteiger partial charge in [-0.2, -0.15) is 0 Å². The summed E-state index contributed by atoms with van der Waals surface area (Å²) in [7, 11) is 0. The van der Waals surface area contributed by atoms with Gasteiger partial charge >= 0.3 is 0 Å². The van der Waals surface area contributed by atoms with Crippen molar-refractivity contribution in [3.05, 3.63) is 88.4 Å². The number of nitrogens with zero attached hydrogens (tertiary/aromatic N) is 3. The summed E-state index contributed by atoms with van der Waals surface area (Å²) in [6.45, 7) is 2.50. The van der Waals surface area contributed by atoms with E-state index in [1.165, 1.54) is 11.8 Å². The highest BCUT2D eigenvalue weighted by Crippen LogP contribution is 2.29. The van der Waals surface area contributed by atoms with Crippen molar-refractivity contribution in [2.45, 2.75) is 12.1 Å². The average molecular weight is 484 g/mol. The highest BCUT2D eigenvalue weighted by atomic mass is 35.5. The number of rotatable bonds is 8. The summed E-state index contributed by atoms with van der Waals surface area (Å²) in [6, 6.07) is 21.9. The maximum absolute atomic E-state index is 12.7. The fraction of sp³-hybridized carbons (Fsp3) is 0.125. The third-order valence-electron chi connectivity index (χ3n) is 4.64. The molecule has 3 aromatic carbocycles. The molecule has 8 heteroatoms. The number of hydrogen-bond donors (Lipinski definition) is 0. The Morgan fingerprint density at radius 1 is 0.906 bits per heavy atom. The molecule has 0 aliphatic carbocycles. The second-order valence-corrected chi connectivity index (χ2v) is 8.61. The quantitative estimate of drug-likeness (QED) is 0.208. The number of thioether (sulfide) groups is 1. The van der Waals surface area contributed by atoms with Gasteiger partial charge < -0.3 is 4.74 Å². The number of hydrogen-bond acceptors (Lipinski definition) is 5. The molecule has 0 N–H and O–H groups in total. The van der Waals surface area contributed by atoms with Crippen LogP contribution in [0.5, 0.6) is 5.75 Å². The van der Waals surface area contributed by atoms with E-state index in [1.54, 1.807) is 36.4 Å². The molecule has 0 saturated carbocycles. The lowest BCUT2D eigenvalue weighted by Crippen LogP contribution is -2.05. The first-order chi connectivity index (χ1) is 15.5. The molecule has 0 amide bonds. The van der Waals surface area contributed by atoms with Crippen LogP contribution in [-0.2, 0) is 0 Å². The normalized spacial score (nSPS) is 10.8. The largest absolute Gasteiger partial charge is 0.494 e. The highest BCUT2D eigenvalue weighted by molar-refractivity contribution is 7.99. The van der Waals surface area contributed by atoms with Crippen molar-refractivity contribution in [1.82, 2.24) is 14.8 Å². The second-order valence-electron chi connectivity index (χ2n) is 6.79. The van der Waals surface area contributed by atoms with Crippen LogP contribution in [0.1, 0.15) is 17.3 Å². The highest BCUT2D eigenvalue weighted by Gasteiger charge is 2.18. The standard InChI is InChI=1S/C24H19Cl2N3O2S/c1-2-31-21-13-5-16(6-14-21)22(30)15-32-24-28-27-23(17-3-7-18(25)8-4-17)29(24)20-11-9-19(26)10-12-20/h3-14H,2,15H2,1H3. The maximum Gasteiger partial charge on any atom is 0.196 e. The third kappa shape index (κ3) is 5.15. The number of halogens is 2. The van der Waals surface area contributed by atoms with Crippen LogP contribution >= 0.6 is 35.0 Å². The Bertz CT molecular complexity index is 1210. The molecule has 4 aromatic rings. The topological polar surface area (TPSA) is 57.0 Å². The zero-order valence-electron chi connectivity index (χ0n) is 17.2. The first-order valence-corrected chi connectivity index (χ1v) is 11.7. The van der Waals surface area contributed by atoms with E-state index in [-0.39, 0.29) is 11.5 Å². The predicted molar refractivity (Wildman–Crippen MR) is 129 cm³/mol. The van der Waals surface area contributed by atoms with Gasteiger partial charge in [0.1, 0.15) is 5.75 Å². The van der Waals surface area contributed by atoms with E-state index in [4.69, 9.17) is 27.9 Å². The second kappa shape index (κ2) is 10.2. The molecule has 0 saturated heterocycles. The SMILES string of the molecule is CCOc1ccc(C(=O)CSc2nnc(-c3ccc(Cl)cc3)n2-c2ccc(Cl)cc2)cc1. The zero-order chi connectivity index (χ0) is 22.5. The van der Waals surface area contributed by atoms with E-state index in [1.807, 2.05) is 47.9 Å². The molecular formula is C24H19Cl2N3O2S. The van der Waals surface area contributed by atoms with Gasteiger partial charge in [-0.1, -0.05) is 35.0 Å². The molecule has 0 bridgehead atoms. The Morgan fingerprint density at radius 2 is 1.53 bits per heavy atom. The molecule has 5 nitrogen and oxygen atoms in total. The molecule has 0 unspecified atom stereocenters. The Balaban J connectivity index is 1.61. The fourth-order valence-corrected chi connectivity index (χ4v) is 4.19. The van der Waals surface area contributed by atoms with Crippen LogP contribution < -0.4 is 4.74 Å². The summed E-state index contributed by atoms with van der Waals surface area (Å²) in [4.78, 5) is 12.7. The van der Waals surface area contributed by atoms with Crippen molar-refractivity contribution in [2.75, 3.05) is 12.4 Å². The molecule has 0 fully saturated rings. The van der Waals surface area contributed by atoms with Gasteiger partial charge in [0.25, 0.3) is 0 Å². The van der Waals surface area contributed by atoms with Crippen molar-refractivity contribution in [3.8, 4) is 22.8 Å². The molecule has 0 aliphatic rings. The molecule has 0 spiro atoms. The van der Waals surface area contributed by atoms with Crippen molar-refractivity contribution >= 4 is 40.7 Å². The monoisotopic (exact) mass is 483 g/mol. The minimum Gasteiger partial charge on any atom is -0.494 e. The molecule has 32 heavy (non-hydrogen) atoms. The zero-order valence-corrected chi connectivity index (χ0v) is 19.5. The first-order valence-electron chi connectivity index (χ1n) is 9.91. The number of Topliss-reactive ketones (excluding diaryl/α,β-unsaturated/α-hetero) is 1. The van der Waals surface area contributed by atoms with Gasteiger partial charge in [-0.25, -0.2) is 0 Å². The van der Waals surface area contributed by atoms with Crippen molar-refractivity contribution in [1.29, 1.82) is 0 Å². The van der Waals surface area contributed by atoms with Crippen LogP contribution in [0.3, 0.4) is 0 Å². The van der Waals surface area contributed by atoms with E-state index in [9.17, 15) is 4.79 Å². The van der Waals surface area contributed by atoms with E-state index in [2.05, 4.69) is 10.2 Å².